The van der Waals surface area contributed by atoms with Crippen LogP contribution in [0.4, 0.5) is 0 Å². The number of hydrogen-bond acceptors (Lipinski definition) is 5. The molecule has 1 amide bonds. The summed E-state index contributed by atoms with van der Waals surface area (Å²) in [6.45, 7) is 1.97. The molecule has 7 heteroatoms. The van der Waals surface area contributed by atoms with E-state index in [1.54, 1.807) is 7.11 Å². The van der Waals surface area contributed by atoms with Crippen LogP contribution in [0.3, 0.4) is 0 Å². The van der Waals surface area contributed by atoms with Crippen LogP contribution in [0.25, 0.3) is 11.0 Å². The van der Waals surface area contributed by atoms with Gasteiger partial charge in [-0.2, -0.15) is 0 Å². The summed E-state index contributed by atoms with van der Waals surface area (Å²) in [7, 11) is 1.65. The summed E-state index contributed by atoms with van der Waals surface area (Å²) in [5, 5.41) is 4.91. The van der Waals surface area contributed by atoms with Crippen LogP contribution in [-0.2, 0) is 13.0 Å². The number of methoxy groups -OCH3 is 1. The molecular weight excluding hydrogens is 434 g/mol. The van der Waals surface area contributed by atoms with Gasteiger partial charge in [-0.15, -0.1) is 11.3 Å². The molecule has 2 aromatic carbocycles. The number of carbonyl (C=O) groups is 1. The van der Waals surface area contributed by atoms with Crippen LogP contribution in [-0.4, -0.2) is 35.7 Å². The van der Waals surface area contributed by atoms with Gasteiger partial charge in [0.05, 0.1) is 29.6 Å². The van der Waals surface area contributed by atoms with Gasteiger partial charge in [-0.05, 0) is 48.6 Å². The number of carbonyl (C=O) groups excluding carboxylic acids is 1. The fourth-order valence-corrected chi connectivity index (χ4v) is 4.43. The topological polar surface area (TPSA) is 65.4 Å². The zero-order chi connectivity index (χ0) is 22.9. The first-order valence-corrected chi connectivity index (χ1v) is 12.2. The van der Waals surface area contributed by atoms with Crippen molar-refractivity contribution in [2.45, 2.75) is 32.2 Å². The molecule has 0 unspecified atom stereocenters. The molecule has 0 radical (unpaired) electrons. The molecule has 6 nitrogen and oxygen atoms in total. The molecule has 1 N–H and O–H groups in total. The number of amides is 1. The fourth-order valence-electron chi connectivity index (χ4n) is 3.79. The van der Waals surface area contributed by atoms with Gasteiger partial charge >= 0.3 is 0 Å². The Labute approximate surface area is 198 Å². The van der Waals surface area contributed by atoms with Crippen LogP contribution in [0.2, 0.25) is 0 Å². The molecule has 33 heavy (non-hydrogen) atoms. The third-order valence-electron chi connectivity index (χ3n) is 5.47. The second kappa shape index (κ2) is 11.5. The lowest BCUT2D eigenvalue weighted by Crippen LogP contribution is -2.23. The lowest BCUT2D eigenvalue weighted by atomic mass is 10.2. The van der Waals surface area contributed by atoms with E-state index in [1.165, 1.54) is 11.3 Å². The number of nitrogens with zero attached hydrogens (tertiary/aromatic N) is 2. The quantitative estimate of drug-likeness (QED) is 0.289. The Hall–Kier alpha value is -3.32. The molecule has 172 valence electrons. The predicted octanol–water partition coefficient (Wildman–Crippen LogP) is 5.33. The summed E-state index contributed by atoms with van der Waals surface area (Å²) in [5.41, 5.74) is 2.14. The van der Waals surface area contributed by atoms with E-state index in [-0.39, 0.29) is 5.91 Å². The molecule has 2 aromatic heterocycles. The number of aromatic nitrogens is 2. The van der Waals surface area contributed by atoms with Crippen molar-refractivity contribution in [3.63, 3.8) is 0 Å². The van der Waals surface area contributed by atoms with Crippen molar-refractivity contribution in [1.82, 2.24) is 14.9 Å². The van der Waals surface area contributed by atoms with E-state index in [0.717, 1.165) is 65.5 Å². The summed E-state index contributed by atoms with van der Waals surface area (Å²) >= 11 is 1.47. The van der Waals surface area contributed by atoms with Crippen LogP contribution < -0.4 is 14.8 Å². The summed E-state index contributed by atoms with van der Waals surface area (Å²) < 4.78 is 13.5. The van der Waals surface area contributed by atoms with Crippen LogP contribution in [0, 0.1) is 0 Å². The number of ether oxygens (including phenoxy) is 2. The molecule has 0 spiro atoms. The van der Waals surface area contributed by atoms with Gasteiger partial charge < -0.3 is 19.4 Å². The Morgan fingerprint density at radius 3 is 2.76 bits per heavy atom. The first-order valence-electron chi connectivity index (χ1n) is 11.3. The van der Waals surface area contributed by atoms with E-state index >= 15 is 0 Å². The van der Waals surface area contributed by atoms with Crippen molar-refractivity contribution < 1.29 is 14.3 Å². The number of fused-ring (bicyclic) bond motifs is 1. The van der Waals surface area contributed by atoms with Crippen LogP contribution in [0.1, 0.15) is 34.8 Å². The van der Waals surface area contributed by atoms with Gasteiger partial charge in [-0.1, -0.05) is 30.7 Å². The number of para-hydroxylation sites is 2. The Morgan fingerprint density at radius 2 is 1.91 bits per heavy atom. The highest BCUT2D eigenvalue weighted by atomic mass is 32.1. The zero-order valence-electron chi connectivity index (χ0n) is 18.8. The molecule has 0 saturated heterocycles. The Kier molecular flexibility index (Phi) is 7.98. The van der Waals surface area contributed by atoms with E-state index in [2.05, 4.69) is 22.0 Å². The van der Waals surface area contributed by atoms with Gasteiger partial charge in [0.1, 0.15) is 23.9 Å². The zero-order valence-corrected chi connectivity index (χ0v) is 19.6. The smallest absolute Gasteiger partial charge is 0.261 e. The molecule has 4 rings (SSSR count). The van der Waals surface area contributed by atoms with E-state index in [4.69, 9.17) is 14.5 Å². The number of thiophene rings is 1. The van der Waals surface area contributed by atoms with E-state index in [9.17, 15) is 4.79 Å². The molecule has 0 fully saturated rings. The molecule has 0 atom stereocenters. The third-order valence-corrected chi connectivity index (χ3v) is 6.33. The van der Waals surface area contributed by atoms with Crippen LogP contribution >= 0.6 is 11.3 Å². The second-order valence-electron chi connectivity index (χ2n) is 7.74. The monoisotopic (exact) mass is 463 g/mol. The number of hydrogen-bond donors (Lipinski definition) is 1. The first kappa shape index (κ1) is 22.9. The van der Waals surface area contributed by atoms with Crippen molar-refractivity contribution in [1.29, 1.82) is 0 Å². The van der Waals surface area contributed by atoms with E-state index in [1.807, 2.05) is 53.9 Å². The highest BCUT2D eigenvalue weighted by Crippen LogP contribution is 2.21. The number of benzene rings is 2. The summed E-state index contributed by atoms with van der Waals surface area (Å²) in [5.74, 6) is 2.67. The SMILES string of the molecule is COc1cccc(OCCn2c(CCCCCNC(=O)c3cccs3)nc3ccccc32)c1. The van der Waals surface area contributed by atoms with Gasteiger partial charge in [0, 0.05) is 19.0 Å². The number of unbranched alkanes of at least 4 members (excludes halogenated alkanes) is 2. The predicted molar refractivity (Wildman–Crippen MR) is 132 cm³/mol. The van der Waals surface area contributed by atoms with Gasteiger partial charge in [0.15, 0.2) is 0 Å². The van der Waals surface area contributed by atoms with Crippen molar-refractivity contribution >= 4 is 28.3 Å². The summed E-state index contributed by atoms with van der Waals surface area (Å²) in [4.78, 5) is 17.6. The number of rotatable bonds is 12. The normalized spacial score (nSPS) is 10.9. The maximum Gasteiger partial charge on any atom is 0.261 e. The average Bonchev–Trinajstić information content (AvgIpc) is 3.50. The molecule has 2 heterocycles. The van der Waals surface area contributed by atoms with Crippen LogP contribution in [0.15, 0.2) is 66.0 Å². The third kappa shape index (κ3) is 6.14. The van der Waals surface area contributed by atoms with Gasteiger partial charge in [-0.25, -0.2) is 4.98 Å². The minimum Gasteiger partial charge on any atom is -0.497 e. The van der Waals surface area contributed by atoms with E-state index < -0.39 is 0 Å². The van der Waals surface area contributed by atoms with Gasteiger partial charge in [0.2, 0.25) is 0 Å². The Morgan fingerprint density at radius 1 is 1.03 bits per heavy atom. The molecule has 0 saturated carbocycles. The summed E-state index contributed by atoms with van der Waals surface area (Å²) in [6, 6.07) is 19.6. The lowest BCUT2D eigenvalue weighted by molar-refractivity contribution is 0.0957. The Balaban J connectivity index is 1.28. The number of imidazole rings is 1. The van der Waals surface area contributed by atoms with Crippen molar-refractivity contribution in [2.24, 2.45) is 0 Å². The molecule has 0 aliphatic carbocycles. The van der Waals surface area contributed by atoms with Gasteiger partial charge in [0.25, 0.3) is 5.91 Å². The highest BCUT2D eigenvalue weighted by Gasteiger charge is 2.11. The van der Waals surface area contributed by atoms with E-state index in [0.29, 0.717) is 13.2 Å². The summed E-state index contributed by atoms with van der Waals surface area (Å²) in [6.07, 6.45) is 3.91. The number of nitrogens with one attached hydrogen (secondary N) is 1. The standard InChI is InChI=1S/C26H29N3O3S/c1-31-20-9-7-10-21(19-20)32-17-16-29-23-12-5-4-11-22(23)28-25(29)14-3-2-6-15-27-26(30)24-13-8-18-33-24/h4-5,7-13,18-19H,2-3,6,14-17H2,1H3,(H,27,30). The maximum atomic E-state index is 12.0. The minimum atomic E-state index is 0.0165. The van der Waals surface area contributed by atoms with Crippen molar-refractivity contribution in [2.75, 3.05) is 20.3 Å². The molecular formula is C26H29N3O3S. The lowest BCUT2D eigenvalue weighted by Gasteiger charge is -2.11. The van der Waals surface area contributed by atoms with Gasteiger partial charge in [-0.3, -0.25) is 4.79 Å². The molecule has 0 aliphatic heterocycles. The first-order chi connectivity index (χ1) is 16.2. The van der Waals surface area contributed by atoms with Crippen molar-refractivity contribution in [3.8, 4) is 11.5 Å². The molecule has 4 aromatic rings. The molecule has 0 bridgehead atoms. The van der Waals surface area contributed by atoms with Crippen LogP contribution in [0.5, 0.6) is 11.5 Å². The number of aryl methyl sites for hydroxylation is 1. The minimum absolute atomic E-state index is 0.0165. The maximum absolute atomic E-state index is 12.0. The highest BCUT2D eigenvalue weighted by molar-refractivity contribution is 7.12. The fraction of sp³-hybridized carbons (Fsp3) is 0.308. The molecule has 0 aliphatic rings. The second-order valence-corrected chi connectivity index (χ2v) is 8.69. The van der Waals surface area contributed by atoms with Crippen molar-refractivity contribution in [3.05, 3.63) is 76.7 Å². The largest absolute Gasteiger partial charge is 0.497 e. The average molecular weight is 464 g/mol. The Bertz CT molecular complexity index is 1170.